The summed E-state index contributed by atoms with van der Waals surface area (Å²) >= 11 is 5.78. The fraction of sp³-hybridized carbons (Fsp3) is 0. The number of halogens is 1. The van der Waals surface area contributed by atoms with Crippen LogP contribution in [-0.4, -0.2) is 14.3 Å². The van der Waals surface area contributed by atoms with Crippen molar-refractivity contribution in [1.82, 2.24) is 0 Å². The van der Waals surface area contributed by atoms with Crippen LogP contribution < -0.4 is 16.2 Å². The van der Waals surface area contributed by atoms with E-state index in [1.807, 2.05) is 0 Å². The maximum atomic E-state index is 12.1. The van der Waals surface area contributed by atoms with Gasteiger partial charge in [-0.2, -0.15) is 0 Å². The number of nitrogen functional groups attached to an aromatic ring is 1. The molecule has 6 nitrogen and oxygen atoms in total. The van der Waals surface area contributed by atoms with Crippen molar-refractivity contribution in [3.63, 3.8) is 0 Å². The third-order valence-corrected chi connectivity index (χ3v) is 4.01. The molecule has 1 amide bonds. The van der Waals surface area contributed by atoms with Gasteiger partial charge in [0.2, 0.25) is 10.0 Å². The minimum Gasteiger partial charge on any atom is -0.398 e. The summed E-state index contributed by atoms with van der Waals surface area (Å²) in [6.07, 6.45) is 0. The predicted octanol–water partition coefficient (Wildman–Crippen LogP) is 1.82. The molecule has 0 aliphatic heterocycles. The summed E-state index contributed by atoms with van der Waals surface area (Å²) in [5.74, 6) is -0.519. The van der Waals surface area contributed by atoms with Crippen molar-refractivity contribution in [3.05, 3.63) is 53.1 Å². The van der Waals surface area contributed by atoms with E-state index < -0.39 is 15.9 Å². The Labute approximate surface area is 126 Å². The fourth-order valence-electron chi connectivity index (χ4n) is 1.70. The molecule has 0 aliphatic carbocycles. The lowest BCUT2D eigenvalue weighted by Gasteiger charge is -2.10. The van der Waals surface area contributed by atoms with Crippen molar-refractivity contribution in [1.29, 1.82) is 0 Å². The van der Waals surface area contributed by atoms with Gasteiger partial charge in [0.25, 0.3) is 5.91 Å². The SMILES string of the molecule is Nc1cc(C(=O)Nc2ccccc2S(N)(=O)=O)ccc1Cl. The maximum absolute atomic E-state index is 12.1. The summed E-state index contributed by atoms with van der Waals surface area (Å²) in [5, 5.41) is 7.91. The number of nitrogens with two attached hydrogens (primary N) is 2. The normalized spacial score (nSPS) is 11.1. The maximum Gasteiger partial charge on any atom is 0.255 e. The highest BCUT2D eigenvalue weighted by Gasteiger charge is 2.16. The standard InChI is InChI=1S/C13H12ClN3O3S/c14-9-6-5-8(7-10(9)15)13(18)17-11-3-1-2-4-12(11)21(16,19)20/h1-7H,15H2,(H,17,18)(H2,16,19,20). The molecule has 21 heavy (non-hydrogen) atoms. The van der Waals surface area contributed by atoms with Crippen molar-refractivity contribution in [2.24, 2.45) is 5.14 Å². The molecule has 0 aliphatic rings. The first-order valence-corrected chi connectivity index (χ1v) is 7.69. The molecule has 2 aromatic rings. The quantitative estimate of drug-likeness (QED) is 0.746. The van der Waals surface area contributed by atoms with Gasteiger partial charge in [0.15, 0.2) is 0 Å². The average molecular weight is 326 g/mol. The van der Waals surface area contributed by atoms with Crippen LogP contribution in [0.5, 0.6) is 0 Å². The smallest absolute Gasteiger partial charge is 0.255 e. The Kier molecular flexibility index (Phi) is 4.17. The lowest BCUT2D eigenvalue weighted by molar-refractivity contribution is 0.102. The number of para-hydroxylation sites is 1. The van der Waals surface area contributed by atoms with E-state index in [9.17, 15) is 13.2 Å². The zero-order valence-corrected chi connectivity index (χ0v) is 12.3. The first kappa shape index (κ1) is 15.3. The van der Waals surface area contributed by atoms with E-state index in [4.69, 9.17) is 22.5 Å². The van der Waals surface area contributed by atoms with E-state index in [2.05, 4.69) is 5.32 Å². The molecule has 0 saturated carbocycles. The van der Waals surface area contributed by atoms with Gasteiger partial charge >= 0.3 is 0 Å². The molecule has 0 bridgehead atoms. The molecule has 8 heteroatoms. The third-order valence-electron chi connectivity index (χ3n) is 2.70. The lowest BCUT2D eigenvalue weighted by atomic mass is 10.2. The Bertz CT molecular complexity index is 806. The molecule has 110 valence electrons. The Balaban J connectivity index is 2.34. The molecule has 0 fully saturated rings. The number of primary sulfonamides is 1. The second-order valence-electron chi connectivity index (χ2n) is 4.23. The lowest BCUT2D eigenvalue weighted by Crippen LogP contribution is -2.18. The number of rotatable bonds is 3. The number of hydrogen-bond donors (Lipinski definition) is 3. The molecule has 0 spiro atoms. The van der Waals surface area contributed by atoms with Crippen LogP contribution in [0.15, 0.2) is 47.4 Å². The molecule has 0 atom stereocenters. The number of nitrogens with one attached hydrogen (secondary N) is 1. The number of anilines is 2. The summed E-state index contributed by atoms with van der Waals surface area (Å²) < 4.78 is 22.9. The number of benzene rings is 2. The fourth-order valence-corrected chi connectivity index (χ4v) is 2.51. The van der Waals surface area contributed by atoms with Gasteiger partial charge in [-0.3, -0.25) is 4.79 Å². The Morgan fingerprint density at radius 3 is 2.43 bits per heavy atom. The molecule has 0 unspecified atom stereocenters. The monoisotopic (exact) mass is 325 g/mol. The van der Waals surface area contributed by atoms with Crippen molar-refractivity contribution < 1.29 is 13.2 Å². The molecule has 0 radical (unpaired) electrons. The van der Waals surface area contributed by atoms with Crippen LogP contribution in [0.2, 0.25) is 5.02 Å². The molecule has 2 aromatic carbocycles. The Morgan fingerprint density at radius 1 is 1.14 bits per heavy atom. The van der Waals surface area contributed by atoms with E-state index in [-0.39, 0.29) is 21.8 Å². The molecule has 5 N–H and O–H groups in total. The molecule has 0 saturated heterocycles. The van der Waals surface area contributed by atoms with E-state index in [0.29, 0.717) is 5.02 Å². The van der Waals surface area contributed by atoms with Crippen molar-refractivity contribution in [2.75, 3.05) is 11.1 Å². The van der Waals surface area contributed by atoms with Crippen LogP contribution in [0, 0.1) is 0 Å². The first-order valence-electron chi connectivity index (χ1n) is 5.77. The van der Waals surface area contributed by atoms with E-state index in [1.165, 1.54) is 36.4 Å². The third kappa shape index (κ3) is 3.52. The summed E-state index contributed by atoms with van der Waals surface area (Å²) in [6, 6.07) is 10.2. The molecular weight excluding hydrogens is 314 g/mol. The molecule has 0 heterocycles. The summed E-state index contributed by atoms with van der Waals surface area (Å²) in [5.41, 5.74) is 6.22. The van der Waals surface area contributed by atoms with Crippen LogP contribution >= 0.6 is 11.6 Å². The summed E-state index contributed by atoms with van der Waals surface area (Å²) in [4.78, 5) is 11.9. The van der Waals surface area contributed by atoms with Gasteiger partial charge in [0.05, 0.1) is 16.4 Å². The number of sulfonamides is 1. The highest BCUT2D eigenvalue weighted by atomic mass is 35.5. The Hall–Kier alpha value is -2.09. The molecule has 2 rings (SSSR count). The number of hydrogen-bond acceptors (Lipinski definition) is 4. The number of carbonyl (C=O) groups is 1. The average Bonchev–Trinajstić information content (AvgIpc) is 2.41. The largest absolute Gasteiger partial charge is 0.398 e. The van der Waals surface area contributed by atoms with Gasteiger partial charge in [-0.25, -0.2) is 13.6 Å². The van der Waals surface area contributed by atoms with Gasteiger partial charge in [-0.05, 0) is 30.3 Å². The summed E-state index contributed by atoms with van der Waals surface area (Å²) in [6.45, 7) is 0. The highest BCUT2D eigenvalue weighted by molar-refractivity contribution is 7.89. The predicted molar refractivity (Wildman–Crippen MR) is 81.6 cm³/mol. The van der Waals surface area contributed by atoms with Gasteiger partial charge in [-0.1, -0.05) is 23.7 Å². The minimum atomic E-state index is -3.94. The van der Waals surface area contributed by atoms with Crippen LogP contribution in [0.1, 0.15) is 10.4 Å². The molecular formula is C13H12ClN3O3S. The second-order valence-corrected chi connectivity index (χ2v) is 6.17. The first-order chi connectivity index (χ1) is 9.79. The zero-order valence-electron chi connectivity index (χ0n) is 10.7. The van der Waals surface area contributed by atoms with Crippen molar-refractivity contribution in [3.8, 4) is 0 Å². The molecule has 0 aromatic heterocycles. The van der Waals surface area contributed by atoms with E-state index in [1.54, 1.807) is 6.07 Å². The zero-order chi connectivity index (χ0) is 15.6. The van der Waals surface area contributed by atoms with Gasteiger partial charge in [0.1, 0.15) is 4.90 Å². The van der Waals surface area contributed by atoms with Crippen LogP contribution in [0.4, 0.5) is 11.4 Å². The second kappa shape index (κ2) is 5.72. The number of carbonyl (C=O) groups excluding carboxylic acids is 1. The van der Waals surface area contributed by atoms with Gasteiger partial charge in [-0.15, -0.1) is 0 Å². The topological polar surface area (TPSA) is 115 Å². The van der Waals surface area contributed by atoms with Crippen LogP contribution in [0.25, 0.3) is 0 Å². The number of amides is 1. The van der Waals surface area contributed by atoms with Crippen molar-refractivity contribution >= 4 is 38.9 Å². The van der Waals surface area contributed by atoms with Crippen molar-refractivity contribution in [2.45, 2.75) is 4.90 Å². The Morgan fingerprint density at radius 2 is 1.81 bits per heavy atom. The highest BCUT2D eigenvalue weighted by Crippen LogP contribution is 2.22. The summed E-state index contributed by atoms with van der Waals surface area (Å²) in [7, 11) is -3.94. The van der Waals surface area contributed by atoms with Gasteiger partial charge < -0.3 is 11.1 Å². The minimum absolute atomic E-state index is 0.0959. The van der Waals surface area contributed by atoms with E-state index in [0.717, 1.165) is 0 Å². The van der Waals surface area contributed by atoms with Crippen LogP contribution in [0.3, 0.4) is 0 Å². The van der Waals surface area contributed by atoms with E-state index >= 15 is 0 Å². The van der Waals surface area contributed by atoms with Gasteiger partial charge in [0, 0.05) is 5.56 Å². The van der Waals surface area contributed by atoms with Crippen LogP contribution in [-0.2, 0) is 10.0 Å².